The number of amides is 1. The molecule has 74 valence electrons. The number of anilines is 1. The standard InChI is InChI=1S/C9H7F2NO2/c10-9(11)4-8(14)12-7-3-5(13)1-2-6(7)9/h1-3,13H,4H2,(H,12,14). The molecule has 1 aromatic rings. The highest BCUT2D eigenvalue weighted by molar-refractivity contribution is 5.95. The fraction of sp³-hybridized carbons (Fsp3) is 0.222. The van der Waals surface area contributed by atoms with Crippen molar-refractivity contribution in [3.8, 4) is 5.75 Å². The Labute approximate surface area is 78.4 Å². The van der Waals surface area contributed by atoms with Gasteiger partial charge in [-0.1, -0.05) is 0 Å². The Balaban J connectivity index is 2.57. The van der Waals surface area contributed by atoms with Crippen LogP contribution in [0, 0.1) is 0 Å². The van der Waals surface area contributed by atoms with Crippen molar-refractivity contribution in [1.82, 2.24) is 0 Å². The summed E-state index contributed by atoms with van der Waals surface area (Å²) in [6.45, 7) is 0. The highest BCUT2D eigenvalue weighted by Crippen LogP contribution is 2.41. The molecular formula is C9H7F2NO2. The van der Waals surface area contributed by atoms with Crippen LogP contribution in [0.5, 0.6) is 5.75 Å². The van der Waals surface area contributed by atoms with Crippen LogP contribution in [0.15, 0.2) is 18.2 Å². The molecule has 2 N–H and O–H groups in total. The van der Waals surface area contributed by atoms with Crippen LogP contribution in [0.1, 0.15) is 12.0 Å². The van der Waals surface area contributed by atoms with E-state index in [2.05, 4.69) is 5.32 Å². The molecule has 0 spiro atoms. The Bertz CT molecular complexity index is 404. The molecule has 14 heavy (non-hydrogen) atoms. The minimum absolute atomic E-state index is 0.0220. The van der Waals surface area contributed by atoms with Crippen molar-refractivity contribution in [3.63, 3.8) is 0 Å². The van der Waals surface area contributed by atoms with Crippen LogP contribution in [0.2, 0.25) is 0 Å². The Morgan fingerprint density at radius 2 is 2.14 bits per heavy atom. The topological polar surface area (TPSA) is 49.3 Å². The van der Waals surface area contributed by atoms with Gasteiger partial charge in [0.05, 0.1) is 12.1 Å². The molecule has 1 aromatic carbocycles. The van der Waals surface area contributed by atoms with Crippen molar-refractivity contribution in [2.24, 2.45) is 0 Å². The second kappa shape index (κ2) is 2.67. The number of rotatable bonds is 0. The molecule has 0 aromatic heterocycles. The average molecular weight is 199 g/mol. The lowest BCUT2D eigenvalue weighted by Crippen LogP contribution is -2.30. The lowest BCUT2D eigenvalue weighted by atomic mass is 9.99. The van der Waals surface area contributed by atoms with Crippen LogP contribution in [-0.4, -0.2) is 11.0 Å². The third-order valence-electron chi connectivity index (χ3n) is 2.05. The zero-order valence-corrected chi connectivity index (χ0v) is 7.05. The molecule has 0 radical (unpaired) electrons. The van der Waals surface area contributed by atoms with Gasteiger partial charge < -0.3 is 10.4 Å². The van der Waals surface area contributed by atoms with E-state index in [1.807, 2.05) is 0 Å². The zero-order chi connectivity index (χ0) is 10.3. The largest absolute Gasteiger partial charge is 0.508 e. The minimum atomic E-state index is -3.15. The molecule has 0 aliphatic carbocycles. The number of hydrogen-bond donors (Lipinski definition) is 2. The molecule has 1 aliphatic rings. The predicted molar refractivity (Wildman–Crippen MR) is 45.2 cm³/mol. The molecule has 0 fully saturated rings. The second-order valence-electron chi connectivity index (χ2n) is 3.16. The number of phenols is 1. The van der Waals surface area contributed by atoms with Gasteiger partial charge >= 0.3 is 0 Å². The van der Waals surface area contributed by atoms with E-state index in [1.54, 1.807) is 0 Å². The van der Waals surface area contributed by atoms with Gasteiger partial charge in [-0.2, -0.15) is 0 Å². The number of aromatic hydroxyl groups is 1. The van der Waals surface area contributed by atoms with Crippen LogP contribution in [0.4, 0.5) is 14.5 Å². The van der Waals surface area contributed by atoms with Gasteiger partial charge in [0.1, 0.15) is 5.75 Å². The summed E-state index contributed by atoms with van der Waals surface area (Å²) >= 11 is 0. The first-order valence-electron chi connectivity index (χ1n) is 4.00. The number of halogens is 2. The van der Waals surface area contributed by atoms with Crippen LogP contribution in [-0.2, 0) is 10.7 Å². The number of benzene rings is 1. The average Bonchev–Trinajstić information content (AvgIpc) is 2.00. The van der Waals surface area contributed by atoms with Crippen molar-refractivity contribution in [1.29, 1.82) is 0 Å². The maximum Gasteiger partial charge on any atom is 0.283 e. The molecule has 0 bridgehead atoms. The van der Waals surface area contributed by atoms with Gasteiger partial charge in [-0.15, -0.1) is 0 Å². The molecule has 1 amide bonds. The number of carbonyl (C=O) groups excluding carboxylic acids is 1. The van der Waals surface area contributed by atoms with Crippen molar-refractivity contribution in [2.75, 3.05) is 5.32 Å². The highest BCUT2D eigenvalue weighted by atomic mass is 19.3. The molecule has 3 nitrogen and oxygen atoms in total. The van der Waals surface area contributed by atoms with Crippen molar-refractivity contribution in [3.05, 3.63) is 23.8 Å². The Morgan fingerprint density at radius 3 is 2.86 bits per heavy atom. The van der Waals surface area contributed by atoms with Crippen molar-refractivity contribution >= 4 is 11.6 Å². The third-order valence-corrected chi connectivity index (χ3v) is 2.05. The molecular weight excluding hydrogens is 192 g/mol. The monoisotopic (exact) mass is 199 g/mol. The Kier molecular flexibility index (Phi) is 1.70. The van der Waals surface area contributed by atoms with Gasteiger partial charge in [0.15, 0.2) is 0 Å². The van der Waals surface area contributed by atoms with E-state index in [1.165, 1.54) is 6.07 Å². The van der Waals surface area contributed by atoms with Crippen LogP contribution in [0.25, 0.3) is 0 Å². The summed E-state index contributed by atoms with van der Waals surface area (Å²) in [5.41, 5.74) is -0.277. The lowest BCUT2D eigenvalue weighted by Gasteiger charge is -2.24. The number of phenolic OH excluding ortho intramolecular Hbond substituents is 1. The van der Waals surface area contributed by atoms with Gasteiger partial charge in [0.2, 0.25) is 5.91 Å². The van der Waals surface area contributed by atoms with E-state index in [4.69, 9.17) is 5.11 Å². The lowest BCUT2D eigenvalue weighted by molar-refractivity contribution is -0.125. The summed E-state index contributed by atoms with van der Waals surface area (Å²) in [6, 6.07) is 3.40. The molecule has 1 heterocycles. The Hall–Kier alpha value is -1.65. The molecule has 0 saturated carbocycles. The summed E-state index contributed by atoms with van der Waals surface area (Å²) in [6.07, 6.45) is -0.842. The van der Waals surface area contributed by atoms with Crippen LogP contribution < -0.4 is 5.32 Å². The third kappa shape index (κ3) is 1.30. The molecule has 5 heteroatoms. The van der Waals surface area contributed by atoms with E-state index < -0.39 is 18.3 Å². The molecule has 1 aliphatic heterocycles. The van der Waals surface area contributed by atoms with E-state index >= 15 is 0 Å². The van der Waals surface area contributed by atoms with E-state index in [-0.39, 0.29) is 17.0 Å². The number of alkyl halides is 2. The summed E-state index contributed by atoms with van der Waals surface area (Å²) in [5.74, 6) is -4.04. The van der Waals surface area contributed by atoms with Gasteiger partial charge in [-0.05, 0) is 12.1 Å². The van der Waals surface area contributed by atoms with Gasteiger partial charge in [0.25, 0.3) is 5.92 Å². The van der Waals surface area contributed by atoms with E-state index in [0.717, 1.165) is 12.1 Å². The molecule has 0 unspecified atom stereocenters. The quantitative estimate of drug-likeness (QED) is 0.669. The molecule has 0 saturated heterocycles. The molecule has 0 atom stereocenters. The van der Waals surface area contributed by atoms with Crippen molar-refractivity contribution in [2.45, 2.75) is 12.3 Å². The van der Waals surface area contributed by atoms with Gasteiger partial charge in [-0.25, -0.2) is 8.78 Å². The first kappa shape index (κ1) is 8.93. The van der Waals surface area contributed by atoms with E-state index in [0.29, 0.717) is 0 Å². The first-order chi connectivity index (χ1) is 6.49. The molecule has 2 rings (SSSR count). The second-order valence-corrected chi connectivity index (χ2v) is 3.16. The zero-order valence-electron chi connectivity index (χ0n) is 7.05. The normalized spacial score (nSPS) is 18.6. The van der Waals surface area contributed by atoms with Crippen LogP contribution in [0.3, 0.4) is 0 Å². The van der Waals surface area contributed by atoms with Crippen LogP contribution >= 0.6 is 0 Å². The highest BCUT2D eigenvalue weighted by Gasteiger charge is 2.40. The summed E-state index contributed by atoms with van der Waals surface area (Å²) in [4.78, 5) is 10.9. The van der Waals surface area contributed by atoms with E-state index in [9.17, 15) is 13.6 Å². The summed E-state index contributed by atoms with van der Waals surface area (Å²) < 4.78 is 26.5. The maximum absolute atomic E-state index is 13.2. The van der Waals surface area contributed by atoms with Gasteiger partial charge in [0, 0.05) is 11.6 Å². The smallest absolute Gasteiger partial charge is 0.283 e. The first-order valence-corrected chi connectivity index (χ1v) is 4.00. The van der Waals surface area contributed by atoms with Crippen molar-refractivity contribution < 1.29 is 18.7 Å². The number of carbonyl (C=O) groups is 1. The minimum Gasteiger partial charge on any atom is -0.508 e. The van der Waals surface area contributed by atoms with Gasteiger partial charge in [-0.3, -0.25) is 4.79 Å². The SMILES string of the molecule is O=C1CC(F)(F)c2ccc(O)cc2N1. The maximum atomic E-state index is 13.2. The summed E-state index contributed by atoms with van der Waals surface area (Å²) in [7, 11) is 0. The fourth-order valence-electron chi connectivity index (χ4n) is 1.45. The number of fused-ring (bicyclic) bond motifs is 1. The summed E-state index contributed by atoms with van der Waals surface area (Å²) in [5, 5.41) is 11.3. The predicted octanol–water partition coefficient (Wildman–Crippen LogP) is 1.83. The number of nitrogens with one attached hydrogen (secondary N) is 1. The fourth-order valence-corrected chi connectivity index (χ4v) is 1.45. The Morgan fingerprint density at radius 1 is 1.43 bits per heavy atom. The number of hydrogen-bond acceptors (Lipinski definition) is 2.